The molecule has 1 aliphatic carbocycles. The molecule has 6 heteroatoms. The molecule has 1 atom stereocenters. The van der Waals surface area contributed by atoms with Crippen molar-refractivity contribution >= 4 is 11.0 Å². The third-order valence-electron chi connectivity index (χ3n) is 6.21. The van der Waals surface area contributed by atoms with Gasteiger partial charge in [-0.25, -0.2) is 4.79 Å². The van der Waals surface area contributed by atoms with E-state index in [9.17, 15) is 4.79 Å². The van der Waals surface area contributed by atoms with Crippen LogP contribution in [0.4, 0.5) is 0 Å². The second-order valence-corrected chi connectivity index (χ2v) is 8.05. The van der Waals surface area contributed by atoms with E-state index < -0.39 is 0 Å². The summed E-state index contributed by atoms with van der Waals surface area (Å²) in [5, 5.41) is 1.07. The maximum Gasteiger partial charge on any atom is 0.339 e. The number of hydrogen-bond donors (Lipinski definition) is 1. The number of hydrogen-bond acceptors (Lipinski definition) is 5. The van der Waals surface area contributed by atoms with Crippen molar-refractivity contribution in [3.05, 3.63) is 63.0 Å². The monoisotopic (exact) mass is 408 g/mol. The van der Waals surface area contributed by atoms with Crippen molar-refractivity contribution in [3.8, 4) is 17.2 Å². The van der Waals surface area contributed by atoms with Gasteiger partial charge in [-0.1, -0.05) is 0 Å². The summed E-state index contributed by atoms with van der Waals surface area (Å²) in [4.78, 5) is 13.9. The van der Waals surface area contributed by atoms with Crippen molar-refractivity contribution in [2.75, 3.05) is 21.0 Å². The zero-order chi connectivity index (χ0) is 20.7. The highest BCUT2D eigenvalue weighted by atomic mass is 16.5. The molecule has 0 spiro atoms. The Morgan fingerprint density at radius 3 is 2.57 bits per heavy atom. The number of benzene rings is 2. The largest absolute Gasteiger partial charge is 0.493 e. The van der Waals surface area contributed by atoms with Crippen molar-refractivity contribution in [2.45, 2.75) is 38.8 Å². The Kier molecular flexibility index (Phi) is 4.87. The molecule has 2 aliphatic rings. The Morgan fingerprint density at radius 1 is 0.967 bits per heavy atom. The number of methoxy groups -OCH3 is 2. The van der Waals surface area contributed by atoms with Crippen LogP contribution in [0.15, 0.2) is 39.5 Å². The SMILES string of the molecule is COc1ccc(C[NH+]2COc3ccc4c5c(c(=O)oc4c3C2)CCCC5)cc1OC. The Labute approximate surface area is 175 Å². The Hall–Kier alpha value is -2.99. The molecule has 6 nitrogen and oxygen atoms in total. The molecule has 0 bridgehead atoms. The molecule has 2 aromatic carbocycles. The average Bonchev–Trinajstić information content (AvgIpc) is 2.79. The summed E-state index contributed by atoms with van der Waals surface area (Å²) in [6.07, 6.45) is 3.94. The quantitative estimate of drug-likeness (QED) is 0.673. The summed E-state index contributed by atoms with van der Waals surface area (Å²) in [6, 6.07) is 10.1. The second kappa shape index (κ2) is 7.69. The highest BCUT2D eigenvalue weighted by Crippen LogP contribution is 2.33. The standard InChI is InChI=1S/C24H25NO5/c1-27-21-9-7-15(11-22(21)28-2)12-25-13-19-20(29-14-25)10-8-17-16-5-3-4-6-18(16)24(26)30-23(17)19/h7-11H,3-6,12-14H2,1-2H3/p+1. The fourth-order valence-electron chi connectivity index (χ4n) is 4.72. The summed E-state index contributed by atoms with van der Waals surface area (Å²) in [7, 11) is 3.28. The number of aryl methyl sites for hydroxylation is 1. The topological polar surface area (TPSA) is 62.3 Å². The van der Waals surface area contributed by atoms with E-state index in [1.807, 2.05) is 24.3 Å². The molecule has 0 fully saturated rings. The van der Waals surface area contributed by atoms with Crippen LogP contribution in [0.5, 0.6) is 17.2 Å². The van der Waals surface area contributed by atoms with Crippen LogP contribution in [0.2, 0.25) is 0 Å². The molecule has 2 heterocycles. The van der Waals surface area contributed by atoms with Gasteiger partial charge in [0, 0.05) is 16.5 Å². The summed E-state index contributed by atoms with van der Waals surface area (Å²) in [5.74, 6) is 2.25. The predicted octanol–water partition coefficient (Wildman–Crippen LogP) is 2.62. The van der Waals surface area contributed by atoms with E-state index in [-0.39, 0.29) is 5.63 Å². The van der Waals surface area contributed by atoms with E-state index in [1.165, 1.54) is 10.5 Å². The normalized spacial score (nSPS) is 17.7. The minimum Gasteiger partial charge on any atom is -0.493 e. The molecule has 5 rings (SSSR count). The first-order valence-corrected chi connectivity index (χ1v) is 10.5. The van der Waals surface area contributed by atoms with Crippen LogP contribution in [-0.4, -0.2) is 21.0 Å². The molecular weight excluding hydrogens is 382 g/mol. The molecule has 0 amide bonds. The van der Waals surface area contributed by atoms with E-state index in [0.717, 1.165) is 72.3 Å². The molecule has 0 saturated carbocycles. The van der Waals surface area contributed by atoms with Gasteiger partial charge >= 0.3 is 5.63 Å². The van der Waals surface area contributed by atoms with Crippen molar-refractivity contribution < 1.29 is 23.5 Å². The minimum absolute atomic E-state index is 0.183. The minimum atomic E-state index is -0.183. The molecular formula is C24H26NO5+. The third-order valence-corrected chi connectivity index (χ3v) is 6.21. The van der Waals surface area contributed by atoms with Crippen LogP contribution in [0.3, 0.4) is 0 Å². The zero-order valence-electron chi connectivity index (χ0n) is 17.4. The number of fused-ring (bicyclic) bond motifs is 5. The van der Waals surface area contributed by atoms with E-state index in [1.54, 1.807) is 14.2 Å². The van der Waals surface area contributed by atoms with Gasteiger partial charge in [0.2, 0.25) is 6.73 Å². The van der Waals surface area contributed by atoms with Crippen molar-refractivity contribution in [1.82, 2.24) is 0 Å². The lowest BCUT2D eigenvalue weighted by Crippen LogP contribution is -3.10. The van der Waals surface area contributed by atoms with E-state index in [0.29, 0.717) is 18.1 Å². The Bertz CT molecular complexity index is 1170. The van der Waals surface area contributed by atoms with E-state index in [2.05, 4.69) is 6.07 Å². The van der Waals surface area contributed by atoms with Gasteiger partial charge in [0.1, 0.15) is 18.8 Å². The van der Waals surface area contributed by atoms with Crippen molar-refractivity contribution in [2.24, 2.45) is 0 Å². The molecule has 30 heavy (non-hydrogen) atoms. The van der Waals surface area contributed by atoms with Crippen LogP contribution in [-0.2, 0) is 25.9 Å². The van der Waals surface area contributed by atoms with Crippen LogP contribution in [0.25, 0.3) is 11.0 Å². The fraction of sp³-hybridized carbons (Fsp3) is 0.375. The zero-order valence-corrected chi connectivity index (χ0v) is 17.4. The Balaban J connectivity index is 1.49. The van der Waals surface area contributed by atoms with Crippen LogP contribution < -0.4 is 24.7 Å². The molecule has 3 aromatic rings. The smallest absolute Gasteiger partial charge is 0.339 e. The summed E-state index contributed by atoms with van der Waals surface area (Å²) < 4.78 is 22.6. The Morgan fingerprint density at radius 2 is 1.77 bits per heavy atom. The maximum atomic E-state index is 12.6. The summed E-state index contributed by atoms with van der Waals surface area (Å²) >= 11 is 0. The first-order valence-electron chi connectivity index (χ1n) is 10.5. The summed E-state index contributed by atoms with van der Waals surface area (Å²) in [5.41, 5.74) is 4.66. The van der Waals surface area contributed by atoms with Crippen LogP contribution in [0.1, 0.15) is 35.1 Å². The molecule has 0 radical (unpaired) electrons. The second-order valence-electron chi connectivity index (χ2n) is 8.05. The van der Waals surface area contributed by atoms with Gasteiger partial charge in [-0.15, -0.1) is 0 Å². The lowest BCUT2D eigenvalue weighted by molar-refractivity contribution is -0.945. The molecule has 1 unspecified atom stereocenters. The average molecular weight is 408 g/mol. The van der Waals surface area contributed by atoms with Crippen LogP contribution >= 0.6 is 0 Å². The lowest BCUT2D eigenvalue weighted by atomic mass is 9.90. The number of ether oxygens (including phenoxy) is 3. The predicted molar refractivity (Wildman–Crippen MR) is 113 cm³/mol. The van der Waals surface area contributed by atoms with Gasteiger partial charge < -0.3 is 18.6 Å². The number of quaternary nitrogens is 1. The number of rotatable bonds is 4. The molecule has 1 aliphatic heterocycles. The number of nitrogens with one attached hydrogen (secondary N) is 1. The highest BCUT2D eigenvalue weighted by Gasteiger charge is 2.27. The van der Waals surface area contributed by atoms with E-state index in [4.69, 9.17) is 18.6 Å². The maximum absolute atomic E-state index is 12.6. The van der Waals surface area contributed by atoms with Gasteiger partial charge in [0.25, 0.3) is 0 Å². The van der Waals surface area contributed by atoms with Crippen molar-refractivity contribution in [1.29, 1.82) is 0 Å². The van der Waals surface area contributed by atoms with Gasteiger partial charge in [-0.3, -0.25) is 4.90 Å². The first kappa shape index (κ1) is 19.0. The van der Waals surface area contributed by atoms with Gasteiger partial charge in [-0.2, -0.15) is 0 Å². The van der Waals surface area contributed by atoms with Crippen LogP contribution in [0, 0.1) is 0 Å². The lowest BCUT2D eigenvalue weighted by Gasteiger charge is -2.27. The molecule has 1 aromatic heterocycles. The van der Waals surface area contributed by atoms with E-state index >= 15 is 0 Å². The molecule has 1 N–H and O–H groups in total. The molecule has 0 saturated heterocycles. The van der Waals surface area contributed by atoms with Gasteiger partial charge in [-0.05, 0) is 61.6 Å². The third kappa shape index (κ3) is 3.21. The fourth-order valence-corrected chi connectivity index (χ4v) is 4.72. The highest BCUT2D eigenvalue weighted by molar-refractivity contribution is 5.86. The van der Waals surface area contributed by atoms with Gasteiger partial charge in [0.15, 0.2) is 17.1 Å². The van der Waals surface area contributed by atoms with Gasteiger partial charge in [0.05, 0.1) is 19.8 Å². The summed E-state index contributed by atoms with van der Waals surface area (Å²) in [6.45, 7) is 2.07. The van der Waals surface area contributed by atoms with Crippen molar-refractivity contribution in [3.63, 3.8) is 0 Å². The first-order chi connectivity index (χ1) is 14.7. The molecule has 156 valence electrons.